The van der Waals surface area contributed by atoms with Gasteiger partial charge in [0.05, 0.1) is 10.6 Å². The number of halogens is 1. The van der Waals surface area contributed by atoms with Crippen molar-refractivity contribution in [2.45, 2.75) is 36.7 Å². The van der Waals surface area contributed by atoms with Crippen molar-refractivity contribution < 1.29 is 32.3 Å². The fourth-order valence-corrected chi connectivity index (χ4v) is 4.21. The molecule has 0 heterocycles. The first kappa shape index (κ1) is 24.0. The molecule has 166 valence electrons. The quantitative estimate of drug-likeness (QED) is 0.500. The monoisotopic (exact) mass is 450 g/mol. The van der Waals surface area contributed by atoms with E-state index in [-0.39, 0.29) is 17.7 Å². The van der Waals surface area contributed by atoms with Gasteiger partial charge < -0.3 is 15.7 Å². The zero-order chi connectivity index (χ0) is 23.0. The molecule has 31 heavy (non-hydrogen) atoms. The maximum atomic E-state index is 13.1. The van der Waals surface area contributed by atoms with Gasteiger partial charge in [-0.15, -0.1) is 0 Å². The zero-order valence-corrected chi connectivity index (χ0v) is 17.6. The summed E-state index contributed by atoms with van der Waals surface area (Å²) in [4.78, 5) is 35.8. The molecule has 0 bridgehead atoms. The number of nitrogens with one attached hydrogen (secondary N) is 2. The van der Waals surface area contributed by atoms with Crippen molar-refractivity contribution in [1.29, 1.82) is 0 Å². The summed E-state index contributed by atoms with van der Waals surface area (Å²) < 4.78 is 37.9. The second-order valence-electron chi connectivity index (χ2n) is 6.90. The Bertz CT molecular complexity index is 1030. The predicted octanol–water partition coefficient (Wildman–Crippen LogP) is 1.31. The van der Waals surface area contributed by atoms with Crippen LogP contribution in [0, 0.1) is 5.82 Å². The third-order valence-electron chi connectivity index (χ3n) is 4.44. The van der Waals surface area contributed by atoms with E-state index in [1.807, 2.05) is 0 Å². The molecule has 0 aromatic heterocycles. The SMILES string of the molecule is CC(=O)N[C@@H](Cc1ccc(F)cc1)C(=O)N[C@@H](CCS(=O)(=O)c1ccccc1)C(=O)O. The molecule has 3 N–H and O–H groups in total. The third-order valence-corrected chi connectivity index (χ3v) is 6.20. The fourth-order valence-electron chi connectivity index (χ4n) is 2.86. The summed E-state index contributed by atoms with van der Waals surface area (Å²) in [6.07, 6.45) is -0.359. The number of sulfone groups is 1. The summed E-state index contributed by atoms with van der Waals surface area (Å²) in [5, 5.41) is 14.2. The molecule has 2 amide bonds. The first-order valence-electron chi connectivity index (χ1n) is 9.41. The molecule has 0 fully saturated rings. The molecular weight excluding hydrogens is 427 g/mol. The van der Waals surface area contributed by atoms with Crippen molar-refractivity contribution >= 4 is 27.6 Å². The van der Waals surface area contributed by atoms with E-state index in [2.05, 4.69) is 10.6 Å². The second-order valence-corrected chi connectivity index (χ2v) is 9.01. The first-order valence-corrected chi connectivity index (χ1v) is 11.1. The Labute approximate surface area is 179 Å². The van der Waals surface area contributed by atoms with Crippen LogP contribution in [0.25, 0.3) is 0 Å². The number of aliphatic carboxylic acids is 1. The van der Waals surface area contributed by atoms with Gasteiger partial charge >= 0.3 is 5.97 Å². The second kappa shape index (κ2) is 10.7. The van der Waals surface area contributed by atoms with Gasteiger partial charge in [0, 0.05) is 13.3 Å². The molecule has 8 nitrogen and oxygen atoms in total. The minimum Gasteiger partial charge on any atom is -0.480 e. The van der Waals surface area contributed by atoms with Gasteiger partial charge in [-0.25, -0.2) is 17.6 Å². The van der Waals surface area contributed by atoms with E-state index >= 15 is 0 Å². The van der Waals surface area contributed by atoms with Crippen LogP contribution in [0.5, 0.6) is 0 Å². The topological polar surface area (TPSA) is 130 Å². The highest BCUT2D eigenvalue weighted by molar-refractivity contribution is 7.91. The van der Waals surface area contributed by atoms with E-state index in [0.717, 1.165) is 0 Å². The van der Waals surface area contributed by atoms with Crippen molar-refractivity contribution in [2.75, 3.05) is 5.75 Å². The number of carbonyl (C=O) groups is 3. The van der Waals surface area contributed by atoms with Crippen LogP contribution >= 0.6 is 0 Å². The van der Waals surface area contributed by atoms with E-state index in [4.69, 9.17) is 0 Å². The number of carboxylic acids is 1. The van der Waals surface area contributed by atoms with Crippen LogP contribution in [0.15, 0.2) is 59.5 Å². The van der Waals surface area contributed by atoms with Gasteiger partial charge in [0.2, 0.25) is 11.8 Å². The summed E-state index contributed by atoms with van der Waals surface area (Å²) in [5.41, 5.74) is 0.550. The zero-order valence-electron chi connectivity index (χ0n) is 16.7. The lowest BCUT2D eigenvalue weighted by Crippen LogP contribution is -2.52. The van der Waals surface area contributed by atoms with Gasteiger partial charge in [-0.3, -0.25) is 9.59 Å². The van der Waals surface area contributed by atoms with Crippen LogP contribution in [-0.4, -0.2) is 49.1 Å². The van der Waals surface area contributed by atoms with Gasteiger partial charge in [-0.05, 0) is 36.2 Å². The van der Waals surface area contributed by atoms with E-state index < -0.39 is 51.3 Å². The summed E-state index contributed by atoms with van der Waals surface area (Å²) in [6, 6.07) is 10.3. The number of benzene rings is 2. The third kappa shape index (κ3) is 7.49. The van der Waals surface area contributed by atoms with Crippen LogP contribution in [0.3, 0.4) is 0 Å². The normalized spacial score (nSPS) is 13.1. The Morgan fingerprint density at radius 3 is 2.13 bits per heavy atom. The Morgan fingerprint density at radius 1 is 0.968 bits per heavy atom. The Kier molecular flexibility index (Phi) is 8.26. The average molecular weight is 450 g/mol. The van der Waals surface area contributed by atoms with E-state index in [0.29, 0.717) is 5.56 Å². The molecule has 2 aromatic carbocycles. The number of carboxylic acid groups (broad SMARTS) is 1. The van der Waals surface area contributed by atoms with Crippen molar-refractivity contribution in [1.82, 2.24) is 10.6 Å². The molecule has 2 rings (SSSR count). The lowest BCUT2D eigenvalue weighted by molar-refractivity contribution is -0.142. The Morgan fingerprint density at radius 2 is 1.58 bits per heavy atom. The van der Waals surface area contributed by atoms with E-state index in [1.165, 1.54) is 43.3 Å². The van der Waals surface area contributed by atoms with Crippen LogP contribution in [0.4, 0.5) is 4.39 Å². The Hall–Kier alpha value is -3.27. The maximum Gasteiger partial charge on any atom is 0.326 e. The van der Waals surface area contributed by atoms with Crippen molar-refractivity contribution in [3.63, 3.8) is 0 Å². The summed E-state index contributed by atoms with van der Waals surface area (Å²) in [7, 11) is -3.74. The van der Waals surface area contributed by atoms with Gasteiger partial charge in [-0.1, -0.05) is 30.3 Å². The number of hydrogen-bond acceptors (Lipinski definition) is 5. The summed E-state index contributed by atoms with van der Waals surface area (Å²) in [5.74, 6) is -3.66. The standard InChI is InChI=1S/C21H23FN2O6S/c1-14(25)23-19(13-15-7-9-16(22)10-8-15)20(26)24-18(21(27)28)11-12-31(29,30)17-5-3-2-4-6-17/h2-10,18-19H,11-13H2,1H3,(H,23,25)(H,24,26)(H,27,28)/t18-,19-/m0/s1. The highest BCUT2D eigenvalue weighted by Crippen LogP contribution is 2.13. The largest absolute Gasteiger partial charge is 0.480 e. The van der Waals surface area contributed by atoms with Crippen molar-refractivity contribution in [3.05, 3.63) is 66.0 Å². The highest BCUT2D eigenvalue weighted by atomic mass is 32.2. The summed E-state index contributed by atoms with van der Waals surface area (Å²) >= 11 is 0. The van der Waals surface area contributed by atoms with Crippen molar-refractivity contribution in [3.8, 4) is 0 Å². The van der Waals surface area contributed by atoms with Gasteiger partial charge in [-0.2, -0.15) is 0 Å². The number of carbonyl (C=O) groups excluding carboxylic acids is 2. The number of rotatable bonds is 10. The number of amides is 2. The molecule has 2 atom stereocenters. The minimum atomic E-state index is -3.74. The lowest BCUT2D eigenvalue weighted by Gasteiger charge is -2.21. The van der Waals surface area contributed by atoms with Gasteiger partial charge in [0.15, 0.2) is 9.84 Å². The molecule has 0 saturated heterocycles. The highest BCUT2D eigenvalue weighted by Gasteiger charge is 2.28. The average Bonchev–Trinajstić information content (AvgIpc) is 2.72. The van der Waals surface area contributed by atoms with Crippen LogP contribution in [0.2, 0.25) is 0 Å². The molecule has 0 saturated carbocycles. The minimum absolute atomic E-state index is 0.000344. The predicted molar refractivity (Wildman–Crippen MR) is 110 cm³/mol. The fraction of sp³-hybridized carbons (Fsp3) is 0.286. The molecule has 0 aliphatic rings. The number of hydrogen-bond donors (Lipinski definition) is 3. The van der Waals surface area contributed by atoms with Gasteiger partial charge in [0.25, 0.3) is 0 Å². The van der Waals surface area contributed by atoms with Gasteiger partial charge in [0.1, 0.15) is 17.9 Å². The molecule has 0 unspecified atom stereocenters. The summed E-state index contributed by atoms with van der Waals surface area (Å²) in [6.45, 7) is 1.20. The lowest BCUT2D eigenvalue weighted by atomic mass is 10.0. The first-order chi connectivity index (χ1) is 14.6. The van der Waals surface area contributed by atoms with E-state index in [9.17, 15) is 32.3 Å². The molecule has 10 heteroatoms. The van der Waals surface area contributed by atoms with Crippen LogP contribution in [-0.2, 0) is 30.6 Å². The van der Waals surface area contributed by atoms with Crippen LogP contribution in [0.1, 0.15) is 18.9 Å². The molecule has 0 radical (unpaired) electrons. The smallest absolute Gasteiger partial charge is 0.326 e. The molecule has 0 spiro atoms. The van der Waals surface area contributed by atoms with Crippen LogP contribution < -0.4 is 10.6 Å². The Balaban J connectivity index is 2.09. The molecule has 0 aliphatic heterocycles. The molecule has 0 aliphatic carbocycles. The maximum absolute atomic E-state index is 13.1. The van der Waals surface area contributed by atoms with E-state index in [1.54, 1.807) is 18.2 Å². The molecule has 2 aromatic rings. The van der Waals surface area contributed by atoms with Crippen molar-refractivity contribution in [2.24, 2.45) is 0 Å². The molecular formula is C21H23FN2O6S.